The van der Waals surface area contributed by atoms with Crippen LogP contribution >= 0.6 is 0 Å². The van der Waals surface area contributed by atoms with Crippen molar-refractivity contribution in [3.8, 4) is 11.5 Å². The smallest absolute Gasteiger partial charge is 0.329 e. The van der Waals surface area contributed by atoms with Crippen LogP contribution in [0.3, 0.4) is 0 Å². The van der Waals surface area contributed by atoms with E-state index in [2.05, 4.69) is 5.32 Å². The Labute approximate surface area is 135 Å². The fourth-order valence-electron chi connectivity index (χ4n) is 2.51. The van der Waals surface area contributed by atoms with E-state index in [1.165, 1.54) is 0 Å². The minimum absolute atomic E-state index is 0.242. The number of nitrogens with one attached hydrogen (secondary N) is 1. The first-order valence-electron chi connectivity index (χ1n) is 7.96. The molecular formula is C17H23NO5. The maximum Gasteiger partial charge on any atom is 0.329 e. The molecule has 1 aromatic rings. The van der Waals surface area contributed by atoms with Gasteiger partial charge in [0.15, 0.2) is 11.5 Å². The number of ether oxygens (including phenoxy) is 2. The summed E-state index contributed by atoms with van der Waals surface area (Å²) in [6.07, 6.45) is 2.61. The molecule has 0 heterocycles. The number of para-hydroxylation sites is 2. The molecule has 0 atom stereocenters. The van der Waals surface area contributed by atoms with E-state index < -0.39 is 11.5 Å². The maximum absolute atomic E-state index is 11.9. The molecule has 0 unspecified atom stereocenters. The highest BCUT2D eigenvalue weighted by Crippen LogP contribution is 2.32. The minimum atomic E-state index is -1.04. The zero-order valence-corrected chi connectivity index (χ0v) is 13.3. The van der Waals surface area contributed by atoms with Crippen molar-refractivity contribution in [1.29, 1.82) is 0 Å². The summed E-state index contributed by atoms with van der Waals surface area (Å²) in [6.45, 7) is 2.83. The second-order valence-electron chi connectivity index (χ2n) is 5.62. The second-order valence-corrected chi connectivity index (χ2v) is 5.62. The van der Waals surface area contributed by atoms with Crippen LogP contribution in [0.2, 0.25) is 0 Å². The molecule has 1 fully saturated rings. The van der Waals surface area contributed by atoms with Crippen LogP contribution in [0.1, 0.15) is 39.0 Å². The van der Waals surface area contributed by atoms with Gasteiger partial charge in [0, 0.05) is 6.42 Å². The first kappa shape index (κ1) is 17.1. The van der Waals surface area contributed by atoms with Gasteiger partial charge < -0.3 is 19.9 Å². The third-order valence-electron chi connectivity index (χ3n) is 3.95. The lowest BCUT2D eigenvalue weighted by atomic mass is 9.76. The van der Waals surface area contributed by atoms with Crippen molar-refractivity contribution in [3.63, 3.8) is 0 Å². The number of carboxylic acids is 1. The first-order valence-corrected chi connectivity index (χ1v) is 7.96. The van der Waals surface area contributed by atoms with Gasteiger partial charge in [0.1, 0.15) is 5.54 Å². The number of hydrogen-bond acceptors (Lipinski definition) is 4. The predicted molar refractivity (Wildman–Crippen MR) is 84.7 cm³/mol. The third kappa shape index (κ3) is 4.37. The molecule has 1 aliphatic rings. The van der Waals surface area contributed by atoms with Crippen LogP contribution in [0.4, 0.5) is 0 Å². The molecule has 0 radical (unpaired) electrons. The molecule has 1 aromatic carbocycles. The average Bonchev–Trinajstić information content (AvgIpc) is 2.49. The van der Waals surface area contributed by atoms with Gasteiger partial charge in [0.05, 0.1) is 13.2 Å². The van der Waals surface area contributed by atoms with Gasteiger partial charge in [-0.15, -0.1) is 0 Å². The molecule has 0 aromatic heterocycles. The molecule has 0 saturated heterocycles. The van der Waals surface area contributed by atoms with Crippen molar-refractivity contribution < 1.29 is 24.2 Å². The van der Waals surface area contributed by atoms with E-state index in [0.717, 1.165) is 6.42 Å². The van der Waals surface area contributed by atoms with Gasteiger partial charge in [-0.25, -0.2) is 4.79 Å². The van der Waals surface area contributed by atoms with Crippen molar-refractivity contribution in [2.24, 2.45) is 0 Å². The number of benzene rings is 1. The SMILES string of the molecule is CCOc1ccccc1OCCCC(=O)NC1(C(=O)O)CCC1. The molecule has 1 aliphatic carbocycles. The number of rotatable bonds is 9. The van der Waals surface area contributed by atoms with Crippen LogP contribution < -0.4 is 14.8 Å². The largest absolute Gasteiger partial charge is 0.490 e. The Morgan fingerprint density at radius 3 is 2.39 bits per heavy atom. The second kappa shape index (κ2) is 7.85. The third-order valence-corrected chi connectivity index (χ3v) is 3.95. The van der Waals surface area contributed by atoms with Crippen molar-refractivity contribution >= 4 is 11.9 Å². The fourth-order valence-corrected chi connectivity index (χ4v) is 2.51. The highest BCUT2D eigenvalue weighted by molar-refractivity contribution is 5.87. The van der Waals surface area contributed by atoms with Crippen LogP contribution in [0, 0.1) is 0 Å². The van der Waals surface area contributed by atoms with Gasteiger partial charge in [-0.2, -0.15) is 0 Å². The Morgan fingerprint density at radius 2 is 1.87 bits per heavy atom. The van der Waals surface area contributed by atoms with Crippen LogP contribution in [-0.4, -0.2) is 35.7 Å². The summed E-state index contributed by atoms with van der Waals surface area (Å²) in [5, 5.41) is 11.8. The van der Waals surface area contributed by atoms with Crippen LogP contribution in [0.15, 0.2) is 24.3 Å². The summed E-state index contributed by atoms with van der Waals surface area (Å²) in [6, 6.07) is 7.38. The first-order chi connectivity index (χ1) is 11.1. The van der Waals surface area contributed by atoms with E-state index in [9.17, 15) is 14.7 Å². The average molecular weight is 321 g/mol. The molecule has 2 N–H and O–H groups in total. The molecule has 0 spiro atoms. The zero-order valence-electron chi connectivity index (χ0n) is 13.3. The normalized spacial score (nSPS) is 15.3. The lowest BCUT2D eigenvalue weighted by molar-refractivity contribution is -0.151. The standard InChI is InChI=1S/C17H23NO5/c1-2-22-13-7-3-4-8-14(13)23-12-5-9-15(19)18-17(16(20)21)10-6-11-17/h3-4,7-8H,2,5-6,9-12H2,1H3,(H,18,19)(H,20,21). The molecule has 0 aliphatic heterocycles. The number of aliphatic carboxylic acids is 1. The number of carbonyl (C=O) groups is 2. The van der Waals surface area contributed by atoms with Crippen molar-refractivity contribution in [3.05, 3.63) is 24.3 Å². The molecule has 1 amide bonds. The summed E-state index contributed by atoms with van der Waals surface area (Å²) in [7, 11) is 0. The molecule has 126 valence electrons. The molecular weight excluding hydrogens is 298 g/mol. The van der Waals surface area contributed by atoms with Crippen molar-refractivity contribution in [2.75, 3.05) is 13.2 Å². The molecule has 2 rings (SSSR count). The zero-order chi connectivity index (χ0) is 16.7. The van der Waals surface area contributed by atoms with E-state index in [4.69, 9.17) is 9.47 Å². The number of hydrogen-bond donors (Lipinski definition) is 2. The van der Waals surface area contributed by atoms with Crippen LogP contribution in [0.25, 0.3) is 0 Å². The van der Waals surface area contributed by atoms with E-state index >= 15 is 0 Å². The van der Waals surface area contributed by atoms with Gasteiger partial charge in [0.2, 0.25) is 5.91 Å². The number of amides is 1. The van der Waals surface area contributed by atoms with E-state index in [-0.39, 0.29) is 12.3 Å². The van der Waals surface area contributed by atoms with Gasteiger partial charge in [-0.1, -0.05) is 12.1 Å². The van der Waals surface area contributed by atoms with Gasteiger partial charge in [-0.3, -0.25) is 4.79 Å². The highest BCUT2D eigenvalue weighted by atomic mass is 16.5. The summed E-state index contributed by atoms with van der Waals surface area (Å²) in [5.74, 6) is 0.141. The molecule has 1 saturated carbocycles. The molecule has 0 bridgehead atoms. The number of carbonyl (C=O) groups excluding carboxylic acids is 1. The Hall–Kier alpha value is -2.24. The Kier molecular flexibility index (Phi) is 5.84. The van der Waals surface area contributed by atoms with Gasteiger partial charge in [-0.05, 0) is 44.7 Å². The minimum Gasteiger partial charge on any atom is -0.490 e. The monoisotopic (exact) mass is 321 g/mol. The van der Waals surface area contributed by atoms with Crippen molar-refractivity contribution in [2.45, 2.75) is 44.6 Å². The summed E-state index contributed by atoms with van der Waals surface area (Å²) in [5.41, 5.74) is -1.04. The van der Waals surface area contributed by atoms with Crippen LogP contribution in [0.5, 0.6) is 11.5 Å². The Morgan fingerprint density at radius 1 is 1.22 bits per heavy atom. The summed E-state index contributed by atoms with van der Waals surface area (Å²) < 4.78 is 11.1. The topological polar surface area (TPSA) is 84.9 Å². The Bertz CT molecular complexity index is 554. The Balaban J connectivity index is 1.73. The van der Waals surface area contributed by atoms with Gasteiger partial charge >= 0.3 is 5.97 Å². The van der Waals surface area contributed by atoms with Crippen molar-refractivity contribution in [1.82, 2.24) is 5.32 Å². The van der Waals surface area contributed by atoms with E-state index in [1.807, 2.05) is 31.2 Å². The lowest BCUT2D eigenvalue weighted by Gasteiger charge is -2.38. The van der Waals surface area contributed by atoms with Crippen LogP contribution in [-0.2, 0) is 9.59 Å². The summed E-state index contributed by atoms with van der Waals surface area (Å²) in [4.78, 5) is 23.1. The molecule has 6 heteroatoms. The lowest BCUT2D eigenvalue weighted by Crippen LogP contribution is -2.59. The quantitative estimate of drug-likeness (QED) is 0.682. The highest BCUT2D eigenvalue weighted by Gasteiger charge is 2.45. The molecule has 23 heavy (non-hydrogen) atoms. The van der Waals surface area contributed by atoms with E-state index in [0.29, 0.717) is 44.0 Å². The fraction of sp³-hybridized carbons (Fsp3) is 0.529. The summed E-state index contributed by atoms with van der Waals surface area (Å²) >= 11 is 0. The molecule has 6 nitrogen and oxygen atoms in total. The van der Waals surface area contributed by atoms with Gasteiger partial charge in [0.25, 0.3) is 0 Å². The van der Waals surface area contributed by atoms with E-state index in [1.54, 1.807) is 0 Å². The maximum atomic E-state index is 11.9. The predicted octanol–water partition coefficient (Wildman–Crippen LogP) is 2.37. The number of carboxylic acid groups (broad SMARTS) is 1.